The topological polar surface area (TPSA) is 74.3 Å². The fourth-order valence-corrected chi connectivity index (χ4v) is 2.80. The van der Waals surface area contributed by atoms with Crippen LogP contribution in [-0.2, 0) is 11.2 Å². The van der Waals surface area contributed by atoms with Gasteiger partial charge in [-0.1, -0.05) is 0 Å². The predicted octanol–water partition coefficient (Wildman–Crippen LogP) is 2.68. The van der Waals surface area contributed by atoms with Gasteiger partial charge in [0.05, 0.1) is 5.56 Å². The van der Waals surface area contributed by atoms with Gasteiger partial charge < -0.3 is 15.5 Å². The van der Waals surface area contributed by atoms with Gasteiger partial charge >= 0.3 is 0 Å². The maximum absolute atomic E-state index is 12.6. The molecule has 8 heteroatoms. The normalized spacial score (nSPS) is 11.8. The molecule has 0 bridgehead atoms. The van der Waals surface area contributed by atoms with Crippen molar-refractivity contribution in [3.8, 4) is 0 Å². The summed E-state index contributed by atoms with van der Waals surface area (Å²) >= 11 is 0. The molecule has 0 aliphatic carbocycles. The number of nitrogens with zero attached hydrogens (tertiary/aromatic N) is 2. The number of nitrogens with one attached hydrogen (secondary N) is 2. The first-order valence-electron chi connectivity index (χ1n) is 7.98. The molecule has 1 aromatic carbocycles. The van der Waals surface area contributed by atoms with E-state index in [1.807, 2.05) is 25.2 Å². The Hall–Kier alpha value is -2.15. The number of anilines is 2. The smallest absolute Gasteiger partial charge is 0.259 e. The molecule has 3 rings (SSSR count). The number of hydrogen-bond donors (Lipinski definition) is 2. The lowest BCUT2D eigenvalue weighted by atomic mass is 10.1. The third-order valence-corrected chi connectivity index (χ3v) is 4.01. The SMILES string of the molecule is CNCCC(=O)Nc1ccc2c(c1)CCN2C(=O)c1cccnc1.Cl.Cl. The molecule has 1 aliphatic rings. The maximum Gasteiger partial charge on any atom is 0.259 e. The molecule has 0 saturated carbocycles. The first kappa shape index (κ1) is 21.9. The molecule has 0 unspecified atom stereocenters. The standard InChI is InChI=1S/C18H20N4O2.2ClH/c1-19-9-6-17(23)21-15-4-5-16-13(11-15)7-10-22(16)18(24)14-3-2-8-20-12-14;;/h2-5,8,11-12,19H,6-7,9-10H2,1H3,(H,21,23);2*1H. The molecule has 140 valence electrons. The van der Waals surface area contributed by atoms with Gasteiger partial charge in [0.2, 0.25) is 5.91 Å². The highest BCUT2D eigenvalue weighted by Gasteiger charge is 2.25. The van der Waals surface area contributed by atoms with Crippen LogP contribution in [0.25, 0.3) is 0 Å². The molecule has 2 N–H and O–H groups in total. The number of aromatic nitrogens is 1. The molecule has 0 atom stereocenters. The Morgan fingerprint density at radius 1 is 1.23 bits per heavy atom. The third-order valence-electron chi connectivity index (χ3n) is 4.01. The van der Waals surface area contributed by atoms with Gasteiger partial charge in [-0.2, -0.15) is 0 Å². The molecule has 2 amide bonds. The summed E-state index contributed by atoms with van der Waals surface area (Å²) in [5, 5.41) is 5.84. The molecule has 2 aromatic rings. The molecular formula is C18H22Cl2N4O2. The average molecular weight is 397 g/mol. The average Bonchev–Trinajstić information content (AvgIpc) is 3.03. The fraction of sp³-hybridized carbons (Fsp3) is 0.278. The minimum atomic E-state index is -0.0485. The van der Waals surface area contributed by atoms with Gasteiger partial charge in [0, 0.05) is 43.3 Å². The number of halogens is 2. The molecular weight excluding hydrogens is 375 g/mol. The van der Waals surface area contributed by atoms with E-state index in [4.69, 9.17) is 0 Å². The molecule has 0 saturated heterocycles. The summed E-state index contributed by atoms with van der Waals surface area (Å²) in [6.45, 7) is 1.28. The zero-order valence-corrected chi connectivity index (χ0v) is 16.0. The van der Waals surface area contributed by atoms with Crippen molar-refractivity contribution in [1.29, 1.82) is 0 Å². The zero-order valence-electron chi connectivity index (χ0n) is 14.4. The predicted molar refractivity (Wildman–Crippen MR) is 108 cm³/mol. The number of hydrogen-bond acceptors (Lipinski definition) is 4. The first-order valence-corrected chi connectivity index (χ1v) is 7.98. The minimum absolute atomic E-state index is 0. The Bertz CT molecular complexity index is 756. The van der Waals surface area contributed by atoms with E-state index in [9.17, 15) is 9.59 Å². The van der Waals surface area contributed by atoms with Crippen LogP contribution in [0.3, 0.4) is 0 Å². The third kappa shape index (κ3) is 4.94. The molecule has 0 radical (unpaired) electrons. The van der Waals surface area contributed by atoms with Gasteiger partial charge in [0.25, 0.3) is 5.91 Å². The van der Waals surface area contributed by atoms with E-state index in [-0.39, 0.29) is 36.6 Å². The van der Waals surface area contributed by atoms with Gasteiger partial charge in [0.1, 0.15) is 0 Å². The van der Waals surface area contributed by atoms with E-state index in [2.05, 4.69) is 15.6 Å². The highest BCUT2D eigenvalue weighted by atomic mass is 35.5. The monoisotopic (exact) mass is 396 g/mol. The number of carbonyl (C=O) groups is 2. The van der Waals surface area contributed by atoms with Crippen LogP contribution in [0.5, 0.6) is 0 Å². The highest BCUT2D eigenvalue weighted by molar-refractivity contribution is 6.07. The number of benzene rings is 1. The van der Waals surface area contributed by atoms with E-state index in [0.29, 0.717) is 25.1 Å². The van der Waals surface area contributed by atoms with E-state index in [1.165, 1.54) is 0 Å². The Kier molecular flexibility index (Phi) is 8.51. The summed E-state index contributed by atoms with van der Waals surface area (Å²) in [4.78, 5) is 30.2. The van der Waals surface area contributed by atoms with Crippen LogP contribution < -0.4 is 15.5 Å². The van der Waals surface area contributed by atoms with Gasteiger partial charge in [-0.15, -0.1) is 24.8 Å². The Morgan fingerprint density at radius 2 is 2.04 bits per heavy atom. The second-order valence-corrected chi connectivity index (χ2v) is 5.69. The van der Waals surface area contributed by atoms with Crippen LogP contribution in [0.15, 0.2) is 42.7 Å². The first-order chi connectivity index (χ1) is 11.7. The van der Waals surface area contributed by atoms with Crippen molar-refractivity contribution in [2.45, 2.75) is 12.8 Å². The van der Waals surface area contributed by atoms with E-state index < -0.39 is 0 Å². The Morgan fingerprint density at radius 3 is 2.73 bits per heavy atom. The molecule has 26 heavy (non-hydrogen) atoms. The van der Waals surface area contributed by atoms with Crippen LogP contribution in [-0.4, -0.2) is 36.9 Å². The summed E-state index contributed by atoms with van der Waals surface area (Å²) in [5.41, 5.74) is 3.32. The quantitative estimate of drug-likeness (QED) is 0.814. The van der Waals surface area contributed by atoms with Crippen molar-refractivity contribution in [2.75, 3.05) is 30.4 Å². The summed E-state index contributed by atoms with van der Waals surface area (Å²) in [5.74, 6) is -0.0711. The van der Waals surface area contributed by atoms with Crippen molar-refractivity contribution in [2.24, 2.45) is 0 Å². The summed E-state index contributed by atoms with van der Waals surface area (Å²) < 4.78 is 0. The Balaban J connectivity index is 0.00000169. The second-order valence-electron chi connectivity index (χ2n) is 5.69. The van der Waals surface area contributed by atoms with E-state index in [1.54, 1.807) is 29.4 Å². The fourth-order valence-electron chi connectivity index (χ4n) is 2.80. The van der Waals surface area contributed by atoms with Crippen molar-refractivity contribution in [3.63, 3.8) is 0 Å². The lowest BCUT2D eigenvalue weighted by molar-refractivity contribution is -0.116. The molecule has 0 fully saturated rings. The number of fused-ring (bicyclic) bond motifs is 1. The van der Waals surface area contributed by atoms with Crippen molar-refractivity contribution >= 4 is 48.0 Å². The van der Waals surface area contributed by atoms with Crippen LogP contribution in [0, 0.1) is 0 Å². The maximum atomic E-state index is 12.6. The van der Waals surface area contributed by atoms with Crippen molar-refractivity contribution in [3.05, 3.63) is 53.9 Å². The van der Waals surface area contributed by atoms with E-state index >= 15 is 0 Å². The van der Waals surface area contributed by atoms with Gasteiger partial charge in [-0.3, -0.25) is 14.6 Å². The molecule has 6 nitrogen and oxygen atoms in total. The number of carbonyl (C=O) groups excluding carboxylic acids is 2. The van der Waals surface area contributed by atoms with Crippen LogP contribution in [0.1, 0.15) is 22.3 Å². The molecule has 2 heterocycles. The number of rotatable bonds is 5. The van der Waals surface area contributed by atoms with Crippen LogP contribution in [0.4, 0.5) is 11.4 Å². The van der Waals surface area contributed by atoms with Crippen molar-refractivity contribution < 1.29 is 9.59 Å². The number of pyridine rings is 1. The van der Waals surface area contributed by atoms with Crippen LogP contribution >= 0.6 is 24.8 Å². The van der Waals surface area contributed by atoms with Gasteiger partial charge in [0.15, 0.2) is 0 Å². The summed E-state index contributed by atoms with van der Waals surface area (Å²) in [6, 6.07) is 9.20. The molecule has 1 aliphatic heterocycles. The lowest BCUT2D eigenvalue weighted by Gasteiger charge is -2.17. The number of amides is 2. The molecule has 0 spiro atoms. The zero-order chi connectivity index (χ0) is 16.9. The van der Waals surface area contributed by atoms with Gasteiger partial charge in [-0.05, 0) is 49.4 Å². The second kappa shape index (κ2) is 10.1. The van der Waals surface area contributed by atoms with Crippen molar-refractivity contribution in [1.82, 2.24) is 10.3 Å². The lowest BCUT2D eigenvalue weighted by Crippen LogP contribution is -2.28. The minimum Gasteiger partial charge on any atom is -0.326 e. The van der Waals surface area contributed by atoms with Crippen LogP contribution in [0.2, 0.25) is 0 Å². The van der Waals surface area contributed by atoms with E-state index in [0.717, 1.165) is 23.4 Å². The largest absolute Gasteiger partial charge is 0.326 e. The van der Waals surface area contributed by atoms with Gasteiger partial charge in [-0.25, -0.2) is 0 Å². The molecule has 1 aromatic heterocycles. The Labute approximate surface area is 165 Å². The summed E-state index contributed by atoms with van der Waals surface area (Å²) in [7, 11) is 1.82. The highest BCUT2D eigenvalue weighted by Crippen LogP contribution is 2.31. The summed E-state index contributed by atoms with van der Waals surface area (Å²) in [6.07, 6.45) is 4.44.